The van der Waals surface area contributed by atoms with Gasteiger partial charge in [0.25, 0.3) is 0 Å². The highest BCUT2D eigenvalue weighted by Gasteiger charge is 2.44. The van der Waals surface area contributed by atoms with Crippen molar-refractivity contribution in [2.75, 3.05) is 0 Å². The lowest BCUT2D eigenvalue weighted by molar-refractivity contribution is 0.215. The van der Waals surface area contributed by atoms with Crippen molar-refractivity contribution in [3.63, 3.8) is 0 Å². The number of aliphatic imine (C=N–C) groups is 1. The van der Waals surface area contributed by atoms with Gasteiger partial charge in [-0.15, -0.1) is 0 Å². The summed E-state index contributed by atoms with van der Waals surface area (Å²) in [6, 6.07) is 22.1. The van der Waals surface area contributed by atoms with Crippen molar-refractivity contribution in [3.05, 3.63) is 142 Å². The molecule has 2 aromatic rings. The van der Waals surface area contributed by atoms with Crippen LogP contribution < -0.4 is 21.3 Å². The first-order valence-corrected chi connectivity index (χ1v) is 16.7. The maximum absolute atomic E-state index is 4.85. The molecule has 5 heteroatoms. The second kappa shape index (κ2) is 11.0. The summed E-state index contributed by atoms with van der Waals surface area (Å²) in [6.07, 6.45) is 23.9. The fraction of sp³-hybridized carbons (Fsp3) is 0.359. The number of dihydropyridines is 1. The van der Waals surface area contributed by atoms with Crippen LogP contribution in [0, 0.1) is 17.8 Å². The molecule has 2 aromatic carbocycles. The second-order valence-electron chi connectivity index (χ2n) is 13.4. The molecular formula is C39H41N5. The van der Waals surface area contributed by atoms with E-state index in [9.17, 15) is 0 Å². The van der Waals surface area contributed by atoms with Gasteiger partial charge in [-0.05, 0) is 71.1 Å². The van der Waals surface area contributed by atoms with Gasteiger partial charge in [-0.3, -0.25) is 20.9 Å². The van der Waals surface area contributed by atoms with Crippen LogP contribution in [0.3, 0.4) is 0 Å². The van der Waals surface area contributed by atoms with Gasteiger partial charge in [0.1, 0.15) is 0 Å². The van der Waals surface area contributed by atoms with Crippen molar-refractivity contribution in [1.82, 2.24) is 21.3 Å². The van der Waals surface area contributed by atoms with E-state index in [0.29, 0.717) is 23.8 Å². The van der Waals surface area contributed by atoms with Crippen molar-refractivity contribution in [2.24, 2.45) is 22.7 Å². The van der Waals surface area contributed by atoms with Gasteiger partial charge in [-0.2, -0.15) is 0 Å². The maximum atomic E-state index is 4.85. The molecule has 7 atom stereocenters. The van der Waals surface area contributed by atoms with Crippen LogP contribution in [0.1, 0.15) is 62.0 Å². The largest absolute Gasteiger partial charge is 0.381 e. The molecule has 1 saturated heterocycles. The van der Waals surface area contributed by atoms with Gasteiger partial charge in [0.2, 0.25) is 0 Å². The van der Waals surface area contributed by atoms with Crippen LogP contribution in [-0.4, -0.2) is 24.5 Å². The van der Waals surface area contributed by atoms with Gasteiger partial charge in [-0.1, -0.05) is 97.1 Å². The Balaban J connectivity index is 1.08. The van der Waals surface area contributed by atoms with Crippen molar-refractivity contribution in [1.29, 1.82) is 0 Å². The molecule has 3 heterocycles. The molecule has 0 aromatic heterocycles. The first kappa shape index (κ1) is 26.6. The molecule has 222 valence electrons. The SMILES string of the molecule is C1=CC2=C3C4=C(CCCC4C=CC3C1)NC2C1CC(C2NC(c3ccccc3)NC(c3ccccc3)N2)=CC=C1C1CC=N1. The molecular weight excluding hydrogens is 538 g/mol. The molecule has 0 saturated carbocycles. The molecule has 1 fully saturated rings. The van der Waals surface area contributed by atoms with Gasteiger partial charge in [0, 0.05) is 36.1 Å². The lowest BCUT2D eigenvalue weighted by atomic mass is 9.64. The van der Waals surface area contributed by atoms with Crippen molar-refractivity contribution < 1.29 is 0 Å². The van der Waals surface area contributed by atoms with E-state index in [4.69, 9.17) is 4.99 Å². The molecule has 4 aliphatic carbocycles. The average molecular weight is 580 g/mol. The topological polar surface area (TPSA) is 60.5 Å². The number of rotatable bonds is 5. The third-order valence-corrected chi connectivity index (χ3v) is 10.9. The second-order valence-corrected chi connectivity index (χ2v) is 13.4. The third-order valence-electron chi connectivity index (χ3n) is 10.9. The quantitative estimate of drug-likeness (QED) is 0.299. The maximum Gasteiger partial charge on any atom is 0.0864 e. The number of hydrogen-bond donors (Lipinski definition) is 4. The van der Waals surface area contributed by atoms with Crippen molar-refractivity contribution in [3.8, 4) is 0 Å². The minimum atomic E-state index is 0.0364. The molecule has 0 spiro atoms. The molecule has 0 radical (unpaired) electrons. The van der Waals surface area contributed by atoms with E-state index in [0.717, 1.165) is 19.3 Å². The Morgan fingerprint density at radius 2 is 1.43 bits per heavy atom. The Morgan fingerprint density at radius 3 is 2.14 bits per heavy atom. The molecule has 4 N–H and O–H groups in total. The Morgan fingerprint density at radius 1 is 0.727 bits per heavy atom. The molecule has 0 amide bonds. The standard InChI is InChI=1S/C39H41N5/c1-3-9-26(10-4-1)37-42-38(27-11-5-2-6-12-27)44-39(43-37)28-19-20-29(32-21-22-40-32)31(23-28)36-30-15-7-13-24-17-18-25-14-8-16-33(41-36)35(25)34(24)30/h1-7,9-12,15,17-20,22,24-25,31-32,36-39,41-44H,8,13-14,16,21,23H2. The predicted octanol–water partition coefficient (Wildman–Crippen LogP) is 6.68. The smallest absolute Gasteiger partial charge is 0.0864 e. The Hall–Kier alpha value is -3.77. The summed E-state index contributed by atoms with van der Waals surface area (Å²) in [6.45, 7) is 0. The zero-order valence-electron chi connectivity index (χ0n) is 25.1. The van der Waals surface area contributed by atoms with Gasteiger partial charge < -0.3 is 5.32 Å². The summed E-state index contributed by atoms with van der Waals surface area (Å²) in [5, 5.41) is 15.9. The Labute approximate surface area is 260 Å². The average Bonchev–Trinajstić information content (AvgIpc) is 3.07. The summed E-state index contributed by atoms with van der Waals surface area (Å²) in [4.78, 5) is 4.85. The van der Waals surface area contributed by atoms with Gasteiger partial charge >= 0.3 is 0 Å². The normalized spacial score (nSPS) is 35.4. The van der Waals surface area contributed by atoms with Crippen LogP contribution in [0.25, 0.3) is 0 Å². The minimum absolute atomic E-state index is 0.0364. The Bertz CT molecular complexity index is 1610. The highest BCUT2D eigenvalue weighted by Crippen LogP contribution is 2.51. The number of nitrogens with zero attached hydrogens (tertiary/aromatic N) is 1. The molecule has 7 unspecified atom stereocenters. The summed E-state index contributed by atoms with van der Waals surface area (Å²) >= 11 is 0. The van der Waals surface area contributed by atoms with Crippen LogP contribution in [-0.2, 0) is 0 Å². The molecule has 3 aliphatic heterocycles. The van der Waals surface area contributed by atoms with E-state index in [1.807, 2.05) is 0 Å². The van der Waals surface area contributed by atoms with Crippen LogP contribution in [0.15, 0.2) is 136 Å². The molecule has 7 aliphatic rings. The number of allylic oxidation sites excluding steroid dienone is 8. The number of nitrogens with one attached hydrogen (secondary N) is 4. The van der Waals surface area contributed by atoms with E-state index in [2.05, 4.69) is 125 Å². The fourth-order valence-electron chi connectivity index (χ4n) is 8.74. The fourth-order valence-corrected chi connectivity index (χ4v) is 8.74. The third kappa shape index (κ3) is 4.52. The molecule has 0 bridgehead atoms. The lowest BCUT2D eigenvalue weighted by Crippen LogP contribution is -2.60. The van der Waals surface area contributed by atoms with Crippen LogP contribution in [0.4, 0.5) is 0 Å². The van der Waals surface area contributed by atoms with Crippen molar-refractivity contribution in [2.45, 2.75) is 69.1 Å². The first-order valence-electron chi connectivity index (χ1n) is 16.7. The highest BCUT2D eigenvalue weighted by molar-refractivity contribution is 5.67. The number of benzene rings is 2. The van der Waals surface area contributed by atoms with Crippen molar-refractivity contribution >= 4 is 6.21 Å². The van der Waals surface area contributed by atoms with Crippen LogP contribution >= 0.6 is 0 Å². The molecule has 5 nitrogen and oxygen atoms in total. The van der Waals surface area contributed by atoms with E-state index in [1.54, 1.807) is 11.1 Å². The van der Waals surface area contributed by atoms with E-state index in [1.165, 1.54) is 52.8 Å². The van der Waals surface area contributed by atoms with E-state index >= 15 is 0 Å². The lowest BCUT2D eigenvalue weighted by Gasteiger charge is -2.48. The predicted molar refractivity (Wildman–Crippen MR) is 177 cm³/mol. The van der Waals surface area contributed by atoms with E-state index in [-0.39, 0.29) is 24.5 Å². The monoisotopic (exact) mass is 579 g/mol. The summed E-state index contributed by atoms with van der Waals surface area (Å²) in [5.41, 5.74) is 11.8. The zero-order chi connectivity index (χ0) is 29.0. The molecule has 9 rings (SSSR count). The first-order chi connectivity index (χ1) is 21.8. The summed E-state index contributed by atoms with van der Waals surface area (Å²) in [5.74, 6) is 1.46. The van der Waals surface area contributed by atoms with Gasteiger partial charge in [0.05, 0.1) is 30.6 Å². The van der Waals surface area contributed by atoms with Crippen LogP contribution in [0.5, 0.6) is 0 Å². The summed E-state index contributed by atoms with van der Waals surface area (Å²) in [7, 11) is 0. The van der Waals surface area contributed by atoms with Gasteiger partial charge in [0.15, 0.2) is 0 Å². The minimum Gasteiger partial charge on any atom is -0.381 e. The van der Waals surface area contributed by atoms with Gasteiger partial charge in [-0.25, -0.2) is 0 Å². The van der Waals surface area contributed by atoms with Crippen LogP contribution in [0.2, 0.25) is 0 Å². The van der Waals surface area contributed by atoms with E-state index < -0.39 is 0 Å². The Kier molecular flexibility index (Phi) is 6.65. The zero-order valence-corrected chi connectivity index (χ0v) is 25.1. The number of hydrogen-bond acceptors (Lipinski definition) is 5. The highest BCUT2D eigenvalue weighted by atomic mass is 15.4. The summed E-state index contributed by atoms with van der Waals surface area (Å²) < 4.78 is 0. The molecule has 44 heavy (non-hydrogen) atoms.